The van der Waals surface area contributed by atoms with Crippen LogP contribution >= 0.6 is 34.8 Å². The van der Waals surface area contributed by atoms with Crippen LogP contribution in [0, 0.1) is 0 Å². The molecule has 5 heterocycles. The number of nitrogens with zero attached hydrogens (tertiary/aromatic N) is 6. The molecule has 0 saturated carbocycles. The lowest BCUT2D eigenvalue weighted by molar-refractivity contribution is -0.148. The molecule has 0 saturated heterocycles. The maximum atomic E-state index is 12.7. The number of halogens is 3. The fourth-order valence-corrected chi connectivity index (χ4v) is 8.39. The number of hydrogen-bond acceptors (Lipinski definition) is 11. The average molecular weight is 876 g/mol. The molecular formula is C45H37Cl3N8O5. The van der Waals surface area contributed by atoms with Crippen molar-refractivity contribution in [2.75, 3.05) is 13.2 Å². The zero-order valence-electron chi connectivity index (χ0n) is 33.6. The second kappa shape index (κ2) is 15.7. The van der Waals surface area contributed by atoms with E-state index < -0.39 is 18.0 Å². The van der Waals surface area contributed by atoms with Gasteiger partial charge in [-0.3, -0.25) is 9.59 Å². The van der Waals surface area contributed by atoms with Crippen LogP contribution in [-0.4, -0.2) is 71.1 Å². The first-order chi connectivity index (χ1) is 29.3. The highest BCUT2D eigenvalue weighted by molar-refractivity contribution is 6.51. The van der Waals surface area contributed by atoms with Gasteiger partial charge in [-0.1, -0.05) is 116 Å². The molecule has 3 aromatic heterocycles. The van der Waals surface area contributed by atoms with Gasteiger partial charge in [-0.25, -0.2) is 29.9 Å². The third-order valence-corrected chi connectivity index (χ3v) is 11.6. The molecule has 16 heteroatoms. The monoisotopic (exact) mass is 874 g/mol. The number of aromatic amines is 2. The van der Waals surface area contributed by atoms with Gasteiger partial charge >= 0.3 is 11.9 Å². The molecule has 0 atom stereocenters. The number of aromatic nitrogens is 8. The van der Waals surface area contributed by atoms with E-state index in [0.717, 1.165) is 33.0 Å². The Morgan fingerprint density at radius 2 is 1.03 bits per heavy atom. The molecule has 0 radical (unpaired) electrons. The van der Waals surface area contributed by atoms with Crippen molar-refractivity contribution in [2.24, 2.45) is 0 Å². The smallest absolute Gasteiger partial charge is 0.309 e. The highest BCUT2D eigenvalue weighted by Gasteiger charge is 2.29. The first-order valence-electron chi connectivity index (χ1n) is 19.7. The molecule has 308 valence electrons. The summed E-state index contributed by atoms with van der Waals surface area (Å²) in [6.45, 7) is 10.1. The molecule has 0 unspecified atom stereocenters. The molecule has 0 aliphatic carbocycles. The Morgan fingerprint density at radius 1 is 0.590 bits per heavy atom. The largest absolute Gasteiger partial charge is 0.486 e. The number of hydrogen-bond donors (Lipinski definition) is 2. The summed E-state index contributed by atoms with van der Waals surface area (Å²) in [4.78, 5) is 62.5. The minimum absolute atomic E-state index is 0.00649. The zero-order valence-corrected chi connectivity index (χ0v) is 35.9. The lowest BCUT2D eigenvalue weighted by Crippen LogP contribution is -2.26. The molecule has 61 heavy (non-hydrogen) atoms. The number of carbonyl (C=O) groups is 2. The van der Waals surface area contributed by atoms with E-state index in [1.165, 1.54) is 0 Å². The van der Waals surface area contributed by atoms with Crippen molar-refractivity contribution < 1.29 is 23.8 Å². The SMILES string of the molecule is CCOC(=O)CC(CC(=O)OCC)Oc1c(Cl)c(Cl)c2c3nc4nc(nc5[nH]c(nc6nc(nc([nH]3)c2c1Cl)-c1ccccc1-6)c1cc(C(C)(C)C)ccc51)-c1ccccc1-4. The van der Waals surface area contributed by atoms with E-state index in [1.54, 1.807) is 13.8 Å². The summed E-state index contributed by atoms with van der Waals surface area (Å²) >= 11 is 21.4. The van der Waals surface area contributed by atoms with E-state index in [2.05, 4.69) is 48.9 Å². The molecule has 2 aliphatic heterocycles. The normalized spacial score (nSPS) is 12.1. The van der Waals surface area contributed by atoms with Crippen molar-refractivity contribution in [3.63, 3.8) is 0 Å². The molecule has 4 aromatic carbocycles. The first kappa shape index (κ1) is 40.3. The third-order valence-electron chi connectivity index (χ3n) is 10.4. The van der Waals surface area contributed by atoms with Crippen LogP contribution in [0.1, 0.15) is 53.0 Å². The number of rotatable bonds is 8. The lowest BCUT2D eigenvalue weighted by atomic mass is 9.86. The summed E-state index contributed by atoms with van der Waals surface area (Å²) in [7, 11) is 0. The van der Waals surface area contributed by atoms with Crippen LogP contribution in [0.5, 0.6) is 5.75 Å². The van der Waals surface area contributed by atoms with Gasteiger partial charge in [0.15, 0.2) is 29.0 Å². The number of carbonyl (C=O) groups excluding carboxylic acids is 2. The Kier molecular flexibility index (Phi) is 10.4. The van der Waals surface area contributed by atoms with Crippen LogP contribution in [-0.2, 0) is 24.5 Å². The van der Waals surface area contributed by atoms with E-state index in [1.807, 2.05) is 48.5 Å². The van der Waals surface area contributed by atoms with Crippen molar-refractivity contribution in [2.45, 2.75) is 59.0 Å². The second-order valence-corrected chi connectivity index (χ2v) is 16.6. The van der Waals surface area contributed by atoms with Gasteiger partial charge < -0.3 is 24.2 Å². The Hall–Kier alpha value is -6.15. The molecule has 13 nitrogen and oxygen atoms in total. The molecule has 2 N–H and O–H groups in total. The van der Waals surface area contributed by atoms with E-state index in [0.29, 0.717) is 50.9 Å². The first-order valence-corrected chi connectivity index (χ1v) is 20.8. The Balaban J connectivity index is 1.37. The Morgan fingerprint density at radius 3 is 1.51 bits per heavy atom. The molecular weight excluding hydrogens is 839 g/mol. The summed E-state index contributed by atoms with van der Waals surface area (Å²) in [5.41, 5.74) is 5.56. The van der Waals surface area contributed by atoms with Crippen molar-refractivity contribution in [3.8, 4) is 51.3 Å². The quantitative estimate of drug-likeness (QED) is 0.110. The minimum Gasteiger partial charge on any atom is -0.486 e. The predicted octanol–water partition coefficient (Wildman–Crippen LogP) is 10.8. The molecule has 9 rings (SSSR count). The predicted molar refractivity (Wildman–Crippen MR) is 237 cm³/mol. The summed E-state index contributed by atoms with van der Waals surface area (Å²) in [5.74, 6) is 0.278. The van der Waals surface area contributed by atoms with E-state index in [9.17, 15) is 9.59 Å². The highest BCUT2D eigenvalue weighted by atomic mass is 35.5. The molecule has 0 fully saturated rings. The van der Waals surface area contributed by atoms with Crippen molar-refractivity contribution >= 4 is 90.9 Å². The van der Waals surface area contributed by atoms with Gasteiger partial charge in [0.2, 0.25) is 0 Å². The summed E-state index contributed by atoms with van der Waals surface area (Å²) in [5, 5.41) is 2.28. The van der Waals surface area contributed by atoms with Crippen molar-refractivity contribution in [3.05, 3.63) is 87.4 Å². The second-order valence-electron chi connectivity index (χ2n) is 15.5. The van der Waals surface area contributed by atoms with E-state index >= 15 is 0 Å². The van der Waals surface area contributed by atoms with Gasteiger partial charge in [-0.15, -0.1) is 0 Å². The zero-order chi connectivity index (χ0) is 42.7. The van der Waals surface area contributed by atoms with Crippen LogP contribution in [0.4, 0.5) is 0 Å². The fourth-order valence-electron chi connectivity index (χ4n) is 7.51. The standard InChI is InChI=1S/C45H37Cl3N8O5/c1-6-59-29(57)19-22(20-30(58)60-7-2)61-36-34(47)32-31(33(46)35(36)48)43-54-39-25-14-10-8-12-23(25)37(49-39)51-41-27-17-16-21(45(3,4)5)18-28(27)42(53-41)52-38-24-13-9-11-15-26(24)40(50-38)55-44(32)56-43/h8-18,22H,6-7,19-20H2,1-5H3,(H2,49,50,51,52,53,54,55,56). The average Bonchev–Trinajstić information content (AvgIpc) is 3.97. The summed E-state index contributed by atoms with van der Waals surface area (Å²) in [6, 6.07) is 21.6. The van der Waals surface area contributed by atoms with E-state index in [4.69, 9.17) is 78.9 Å². The highest BCUT2D eigenvalue weighted by Crippen LogP contribution is 2.49. The summed E-state index contributed by atoms with van der Waals surface area (Å²) in [6.07, 6.45) is -1.67. The number of fused-ring (bicyclic) bond motifs is 20. The van der Waals surface area contributed by atoms with Crippen LogP contribution in [0.2, 0.25) is 15.1 Å². The Bertz CT molecular complexity index is 3120. The van der Waals surface area contributed by atoms with Gasteiger partial charge in [0.25, 0.3) is 0 Å². The van der Waals surface area contributed by atoms with E-state index in [-0.39, 0.29) is 63.6 Å². The van der Waals surface area contributed by atoms with Gasteiger partial charge in [0.1, 0.15) is 33.7 Å². The van der Waals surface area contributed by atoms with Gasteiger partial charge in [0.05, 0.1) is 46.9 Å². The maximum absolute atomic E-state index is 12.7. The van der Waals surface area contributed by atoms with Gasteiger partial charge in [-0.05, 0) is 30.9 Å². The fraction of sp³-hybridized carbons (Fsp3) is 0.244. The van der Waals surface area contributed by atoms with Gasteiger partial charge in [0, 0.05) is 33.0 Å². The maximum Gasteiger partial charge on any atom is 0.309 e. The van der Waals surface area contributed by atoms with Crippen LogP contribution in [0.15, 0.2) is 66.7 Å². The van der Waals surface area contributed by atoms with Crippen LogP contribution in [0.3, 0.4) is 0 Å². The number of H-pyrrole nitrogens is 2. The molecule has 0 spiro atoms. The molecule has 0 amide bonds. The van der Waals surface area contributed by atoms with Crippen molar-refractivity contribution in [1.82, 2.24) is 39.9 Å². The number of esters is 2. The summed E-state index contributed by atoms with van der Waals surface area (Å²) < 4.78 is 16.6. The number of ether oxygens (including phenoxy) is 3. The lowest BCUT2D eigenvalue weighted by Gasteiger charge is -2.20. The van der Waals surface area contributed by atoms with Crippen molar-refractivity contribution in [1.29, 1.82) is 0 Å². The molecule has 8 bridgehead atoms. The molecule has 2 aliphatic rings. The number of nitrogens with one attached hydrogen (secondary N) is 2. The minimum atomic E-state index is -1.07. The van der Waals surface area contributed by atoms with Crippen LogP contribution in [0.25, 0.3) is 89.7 Å². The molecule has 7 aromatic rings. The third kappa shape index (κ3) is 7.30. The topological polar surface area (TPSA) is 171 Å². The number of benzene rings is 4. The van der Waals surface area contributed by atoms with Gasteiger partial charge in [-0.2, -0.15) is 0 Å². The Labute approximate surface area is 363 Å². The van der Waals surface area contributed by atoms with Crippen LogP contribution < -0.4 is 4.74 Å².